The smallest absolute Gasteiger partial charge is 0.147 e. The maximum atomic E-state index is 5.93. The Balaban J connectivity index is 1.99. The number of halogens is 1. The molecule has 0 aliphatic rings. The van der Waals surface area contributed by atoms with Gasteiger partial charge in [0.25, 0.3) is 0 Å². The average molecular weight is 263 g/mol. The first-order valence-corrected chi connectivity index (χ1v) is 6.20. The maximum Gasteiger partial charge on any atom is 0.147 e. The Bertz CT molecular complexity index is 516. The molecule has 0 radical (unpaired) electrons. The van der Waals surface area contributed by atoms with Crippen molar-refractivity contribution in [2.75, 3.05) is 17.2 Å². The minimum absolute atomic E-state index is 0.671. The zero-order valence-corrected chi connectivity index (χ0v) is 10.9. The van der Waals surface area contributed by atoms with Crippen LogP contribution in [0.4, 0.5) is 11.6 Å². The van der Waals surface area contributed by atoms with Crippen molar-refractivity contribution in [3.63, 3.8) is 0 Å². The van der Waals surface area contributed by atoms with Crippen LogP contribution in [0, 0.1) is 0 Å². The van der Waals surface area contributed by atoms with Crippen molar-refractivity contribution in [2.45, 2.75) is 13.5 Å². The standard InChI is InChI=1S/C13H15ClN4/c1-2-16-12-8-15-9-13(18-12)17-7-10-4-3-5-11(14)6-10/h3-6,8-9H,2,7H2,1H3,(H2,16,17,18). The zero-order valence-electron chi connectivity index (χ0n) is 10.2. The number of anilines is 2. The third kappa shape index (κ3) is 3.60. The van der Waals surface area contributed by atoms with Gasteiger partial charge in [-0.25, -0.2) is 4.98 Å². The van der Waals surface area contributed by atoms with Crippen LogP contribution in [-0.4, -0.2) is 16.5 Å². The summed E-state index contributed by atoms with van der Waals surface area (Å²) < 4.78 is 0. The van der Waals surface area contributed by atoms with Crippen molar-refractivity contribution in [3.05, 3.63) is 47.2 Å². The molecule has 0 spiro atoms. The Morgan fingerprint density at radius 3 is 2.67 bits per heavy atom. The fourth-order valence-electron chi connectivity index (χ4n) is 1.56. The Labute approximate surface area is 111 Å². The lowest BCUT2D eigenvalue weighted by Crippen LogP contribution is -2.05. The number of benzene rings is 1. The lowest BCUT2D eigenvalue weighted by Gasteiger charge is -2.07. The highest BCUT2D eigenvalue weighted by molar-refractivity contribution is 6.30. The summed E-state index contributed by atoms with van der Waals surface area (Å²) in [5, 5.41) is 7.07. The third-order valence-corrected chi connectivity index (χ3v) is 2.59. The fourth-order valence-corrected chi connectivity index (χ4v) is 1.77. The monoisotopic (exact) mass is 262 g/mol. The molecule has 0 amide bonds. The van der Waals surface area contributed by atoms with E-state index in [1.807, 2.05) is 31.2 Å². The third-order valence-electron chi connectivity index (χ3n) is 2.36. The molecule has 2 aromatic rings. The quantitative estimate of drug-likeness (QED) is 0.869. The summed E-state index contributed by atoms with van der Waals surface area (Å²) in [4.78, 5) is 8.50. The summed E-state index contributed by atoms with van der Waals surface area (Å²) in [6.45, 7) is 3.52. The predicted molar refractivity (Wildman–Crippen MR) is 75.0 cm³/mol. The Kier molecular flexibility index (Phi) is 4.36. The van der Waals surface area contributed by atoms with Gasteiger partial charge in [-0.3, -0.25) is 4.98 Å². The second kappa shape index (κ2) is 6.21. The van der Waals surface area contributed by atoms with Crippen molar-refractivity contribution in [3.8, 4) is 0 Å². The van der Waals surface area contributed by atoms with Crippen molar-refractivity contribution in [1.29, 1.82) is 0 Å². The molecule has 1 heterocycles. The minimum Gasteiger partial charge on any atom is -0.369 e. The highest BCUT2D eigenvalue weighted by Crippen LogP contribution is 2.12. The van der Waals surface area contributed by atoms with Crippen molar-refractivity contribution >= 4 is 23.2 Å². The normalized spacial score (nSPS) is 10.1. The van der Waals surface area contributed by atoms with Gasteiger partial charge in [0, 0.05) is 18.1 Å². The van der Waals surface area contributed by atoms with Gasteiger partial charge in [-0.15, -0.1) is 0 Å². The van der Waals surface area contributed by atoms with Crippen LogP contribution in [0.1, 0.15) is 12.5 Å². The van der Waals surface area contributed by atoms with Gasteiger partial charge in [-0.2, -0.15) is 0 Å². The molecule has 0 unspecified atom stereocenters. The minimum atomic E-state index is 0.671. The molecule has 0 saturated carbocycles. The first-order chi connectivity index (χ1) is 8.78. The molecule has 18 heavy (non-hydrogen) atoms. The first-order valence-electron chi connectivity index (χ1n) is 5.82. The fraction of sp³-hybridized carbons (Fsp3) is 0.231. The summed E-state index contributed by atoms with van der Waals surface area (Å²) in [6, 6.07) is 7.73. The SMILES string of the molecule is CCNc1cncc(NCc2cccc(Cl)c2)n1. The molecule has 0 atom stereocenters. The highest BCUT2D eigenvalue weighted by atomic mass is 35.5. The van der Waals surface area contributed by atoms with Crippen LogP contribution in [-0.2, 0) is 6.54 Å². The van der Waals surface area contributed by atoms with Gasteiger partial charge < -0.3 is 10.6 Å². The number of rotatable bonds is 5. The molecule has 2 rings (SSSR count). The van der Waals surface area contributed by atoms with Crippen LogP contribution >= 0.6 is 11.6 Å². The van der Waals surface area contributed by atoms with Crippen LogP contribution < -0.4 is 10.6 Å². The van der Waals surface area contributed by atoms with E-state index in [1.54, 1.807) is 12.4 Å². The maximum absolute atomic E-state index is 5.93. The molecule has 0 fully saturated rings. The number of nitrogens with zero attached hydrogens (tertiary/aromatic N) is 2. The van der Waals surface area contributed by atoms with E-state index < -0.39 is 0 Å². The molecule has 4 nitrogen and oxygen atoms in total. The van der Waals surface area contributed by atoms with Crippen LogP contribution in [0.25, 0.3) is 0 Å². The van der Waals surface area contributed by atoms with Crippen molar-refractivity contribution < 1.29 is 0 Å². The van der Waals surface area contributed by atoms with Crippen LogP contribution in [0.2, 0.25) is 5.02 Å². The molecule has 2 N–H and O–H groups in total. The predicted octanol–water partition coefficient (Wildman–Crippen LogP) is 3.17. The first kappa shape index (κ1) is 12.6. The average Bonchev–Trinajstić information content (AvgIpc) is 2.37. The van der Waals surface area contributed by atoms with E-state index in [2.05, 4.69) is 20.6 Å². The van der Waals surface area contributed by atoms with Gasteiger partial charge in [0.05, 0.1) is 12.4 Å². The van der Waals surface area contributed by atoms with E-state index in [9.17, 15) is 0 Å². The highest BCUT2D eigenvalue weighted by Gasteiger charge is 1.98. The van der Waals surface area contributed by atoms with Crippen molar-refractivity contribution in [2.24, 2.45) is 0 Å². The Hall–Kier alpha value is -1.81. The molecule has 0 saturated heterocycles. The summed E-state index contributed by atoms with van der Waals surface area (Å²) in [5.41, 5.74) is 1.11. The Morgan fingerprint density at radius 1 is 1.17 bits per heavy atom. The van der Waals surface area contributed by atoms with Gasteiger partial charge in [-0.05, 0) is 24.6 Å². The number of hydrogen-bond acceptors (Lipinski definition) is 4. The molecule has 1 aromatic heterocycles. The van der Waals surface area contributed by atoms with E-state index in [4.69, 9.17) is 11.6 Å². The van der Waals surface area contributed by atoms with E-state index in [-0.39, 0.29) is 0 Å². The van der Waals surface area contributed by atoms with Gasteiger partial charge in [0.15, 0.2) is 0 Å². The van der Waals surface area contributed by atoms with E-state index in [0.29, 0.717) is 6.54 Å². The number of hydrogen-bond donors (Lipinski definition) is 2. The molecule has 1 aromatic carbocycles. The summed E-state index contributed by atoms with van der Waals surface area (Å²) in [7, 11) is 0. The second-order valence-corrected chi connectivity index (χ2v) is 4.24. The topological polar surface area (TPSA) is 49.8 Å². The summed E-state index contributed by atoms with van der Waals surface area (Å²) in [5.74, 6) is 1.52. The molecule has 94 valence electrons. The van der Waals surface area contributed by atoms with Crippen LogP contribution in [0.5, 0.6) is 0 Å². The summed E-state index contributed by atoms with van der Waals surface area (Å²) in [6.07, 6.45) is 3.40. The van der Waals surface area contributed by atoms with E-state index in [1.165, 1.54) is 0 Å². The molecule has 0 aliphatic heterocycles. The van der Waals surface area contributed by atoms with Crippen LogP contribution in [0.3, 0.4) is 0 Å². The zero-order chi connectivity index (χ0) is 12.8. The molecule has 5 heteroatoms. The summed E-state index contributed by atoms with van der Waals surface area (Å²) >= 11 is 5.93. The molecule has 0 aliphatic carbocycles. The van der Waals surface area contributed by atoms with Crippen LogP contribution in [0.15, 0.2) is 36.7 Å². The molecular weight excluding hydrogens is 248 g/mol. The van der Waals surface area contributed by atoms with Gasteiger partial charge in [0.1, 0.15) is 11.6 Å². The number of aromatic nitrogens is 2. The van der Waals surface area contributed by atoms with Gasteiger partial charge in [-0.1, -0.05) is 23.7 Å². The lowest BCUT2D eigenvalue weighted by molar-refractivity contribution is 1.07. The van der Waals surface area contributed by atoms with Gasteiger partial charge >= 0.3 is 0 Å². The van der Waals surface area contributed by atoms with E-state index in [0.717, 1.165) is 28.8 Å². The lowest BCUT2D eigenvalue weighted by atomic mass is 10.2. The second-order valence-electron chi connectivity index (χ2n) is 3.80. The molecule has 0 bridgehead atoms. The van der Waals surface area contributed by atoms with Crippen molar-refractivity contribution in [1.82, 2.24) is 9.97 Å². The Morgan fingerprint density at radius 2 is 1.94 bits per heavy atom. The largest absolute Gasteiger partial charge is 0.369 e. The molecular formula is C13H15ClN4. The number of nitrogens with one attached hydrogen (secondary N) is 2. The van der Waals surface area contributed by atoms with E-state index >= 15 is 0 Å². The van der Waals surface area contributed by atoms with Gasteiger partial charge in [0.2, 0.25) is 0 Å².